The Bertz CT molecular complexity index is 2660. The molecule has 0 amide bonds. The molecule has 0 fully saturated rings. The van der Waals surface area contributed by atoms with Gasteiger partial charge in [-0.2, -0.15) is 0 Å². The van der Waals surface area contributed by atoms with Crippen molar-refractivity contribution in [2.45, 2.75) is 5.41 Å². The number of benzene rings is 9. The second-order valence-corrected chi connectivity index (χ2v) is 13.6. The van der Waals surface area contributed by atoms with Gasteiger partial charge in [0.15, 0.2) is 0 Å². The summed E-state index contributed by atoms with van der Waals surface area (Å²) >= 11 is 0. The van der Waals surface area contributed by atoms with Gasteiger partial charge in [0.1, 0.15) is 0 Å². The smallest absolute Gasteiger partial charge is 0.0622 e. The summed E-state index contributed by atoms with van der Waals surface area (Å²) < 4.78 is 0. The van der Waals surface area contributed by atoms with Crippen molar-refractivity contribution in [1.29, 1.82) is 0 Å². The van der Waals surface area contributed by atoms with Gasteiger partial charge in [-0.1, -0.05) is 158 Å². The molecular formula is C49H30. The highest BCUT2D eigenvalue weighted by atomic mass is 14.5. The zero-order chi connectivity index (χ0) is 32.1. The molecule has 49 heavy (non-hydrogen) atoms. The van der Waals surface area contributed by atoms with E-state index in [0.717, 1.165) is 0 Å². The van der Waals surface area contributed by atoms with Crippen molar-refractivity contribution in [1.82, 2.24) is 0 Å². The van der Waals surface area contributed by atoms with Crippen molar-refractivity contribution < 1.29 is 0 Å². The average Bonchev–Trinajstić information content (AvgIpc) is 3.65. The van der Waals surface area contributed by atoms with Crippen LogP contribution in [0.5, 0.6) is 0 Å². The molecule has 11 rings (SSSR count). The summed E-state index contributed by atoms with van der Waals surface area (Å²) in [5.74, 6) is 0. The molecule has 2 aliphatic rings. The van der Waals surface area contributed by atoms with E-state index in [4.69, 9.17) is 0 Å². The molecule has 0 unspecified atom stereocenters. The maximum atomic E-state index is 2.46. The predicted molar refractivity (Wildman–Crippen MR) is 206 cm³/mol. The highest BCUT2D eigenvalue weighted by Gasteiger charge is 2.50. The minimum atomic E-state index is -0.371. The zero-order valence-corrected chi connectivity index (χ0v) is 26.8. The van der Waals surface area contributed by atoms with E-state index in [1.165, 1.54) is 99.1 Å². The van der Waals surface area contributed by atoms with Crippen LogP contribution in [0.1, 0.15) is 22.3 Å². The van der Waals surface area contributed by atoms with Gasteiger partial charge in [-0.3, -0.25) is 0 Å². The number of hydrogen-bond acceptors (Lipinski definition) is 0. The van der Waals surface area contributed by atoms with E-state index in [9.17, 15) is 0 Å². The van der Waals surface area contributed by atoms with Crippen molar-refractivity contribution in [2.75, 3.05) is 0 Å². The van der Waals surface area contributed by atoms with Crippen LogP contribution in [0.15, 0.2) is 182 Å². The van der Waals surface area contributed by atoms with E-state index >= 15 is 0 Å². The number of hydrogen-bond donors (Lipinski definition) is 0. The molecule has 0 bridgehead atoms. The second kappa shape index (κ2) is 9.89. The van der Waals surface area contributed by atoms with Crippen LogP contribution >= 0.6 is 0 Å². The summed E-state index contributed by atoms with van der Waals surface area (Å²) in [5.41, 5.74) is 15.2. The summed E-state index contributed by atoms with van der Waals surface area (Å²) in [6.45, 7) is 0. The highest BCUT2D eigenvalue weighted by Crippen LogP contribution is 2.63. The Kier molecular flexibility index (Phi) is 5.41. The molecule has 2 aliphatic carbocycles. The predicted octanol–water partition coefficient (Wildman–Crippen LogP) is 12.8. The Morgan fingerprint density at radius 3 is 1.29 bits per heavy atom. The van der Waals surface area contributed by atoms with Crippen LogP contribution in [0.2, 0.25) is 0 Å². The molecule has 0 atom stereocenters. The lowest BCUT2D eigenvalue weighted by molar-refractivity contribution is 0.797. The Labute approximate surface area is 285 Å². The summed E-state index contributed by atoms with van der Waals surface area (Å²) in [5, 5.41) is 8.16. The molecule has 0 saturated carbocycles. The van der Waals surface area contributed by atoms with E-state index in [1.54, 1.807) is 0 Å². The van der Waals surface area contributed by atoms with Gasteiger partial charge in [0.2, 0.25) is 0 Å². The minimum absolute atomic E-state index is 0.371. The molecule has 0 aliphatic heterocycles. The summed E-state index contributed by atoms with van der Waals surface area (Å²) in [4.78, 5) is 0. The second-order valence-electron chi connectivity index (χ2n) is 13.6. The SMILES string of the molecule is c1ccc(-c2cc(-c3ccccc3)cc(-c3ccc4c(c3)-c3ccccc3C43c4cccc5c6ccccc6c6cccc3c6c45)c2)cc1. The third-order valence-corrected chi connectivity index (χ3v) is 11.2. The van der Waals surface area contributed by atoms with E-state index in [-0.39, 0.29) is 5.41 Å². The molecule has 9 aromatic rings. The van der Waals surface area contributed by atoms with Gasteiger partial charge in [0, 0.05) is 0 Å². The van der Waals surface area contributed by atoms with Gasteiger partial charge in [0.05, 0.1) is 5.41 Å². The maximum absolute atomic E-state index is 2.46. The van der Waals surface area contributed by atoms with Crippen LogP contribution in [-0.2, 0) is 5.41 Å². The van der Waals surface area contributed by atoms with E-state index in [1.807, 2.05) is 0 Å². The van der Waals surface area contributed by atoms with E-state index in [2.05, 4.69) is 182 Å². The Morgan fingerprint density at radius 1 is 0.245 bits per heavy atom. The van der Waals surface area contributed by atoms with Gasteiger partial charge >= 0.3 is 0 Å². The van der Waals surface area contributed by atoms with Gasteiger partial charge < -0.3 is 0 Å². The third-order valence-electron chi connectivity index (χ3n) is 11.2. The first kappa shape index (κ1) is 26.8. The molecule has 0 heterocycles. The summed E-state index contributed by atoms with van der Waals surface area (Å²) in [6.07, 6.45) is 0. The topological polar surface area (TPSA) is 0 Å². The van der Waals surface area contributed by atoms with Gasteiger partial charge in [-0.05, 0) is 123 Å². The fourth-order valence-electron chi connectivity index (χ4n) is 9.25. The normalized spacial score (nSPS) is 13.5. The van der Waals surface area contributed by atoms with Gasteiger partial charge in [0.25, 0.3) is 0 Å². The summed E-state index contributed by atoms with van der Waals surface area (Å²) in [6, 6.07) is 67.9. The van der Waals surface area contributed by atoms with Gasteiger partial charge in [-0.15, -0.1) is 0 Å². The van der Waals surface area contributed by atoms with Crippen molar-refractivity contribution >= 4 is 32.3 Å². The monoisotopic (exact) mass is 618 g/mol. The molecule has 0 N–H and O–H groups in total. The lowest BCUT2D eigenvalue weighted by Crippen LogP contribution is -2.26. The quantitative estimate of drug-likeness (QED) is 0.173. The number of rotatable bonds is 3. The zero-order valence-electron chi connectivity index (χ0n) is 26.8. The summed E-state index contributed by atoms with van der Waals surface area (Å²) in [7, 11) is 0. The number of fused-ring (bicyclic) bond motifs is 10. The van der Waals surface area contributed by atoms with E-state index in [0.29, 0.717) is 0 Å². The van der Waals surface area contributed by atoms with Gasteiger partial charge in [-0.25, -0.2) is 0 Å². The maximum Gasteiger partial charge on any atom is 0.0725 e. The fraction of sp³-hybridized carbons (Fsp3) is 0.0204. The highest BCUT2D eigenvalue weighted by molar-refractivity contribution is 6.29. The minimum Gasteiger partial charge on any atom is -0.0622 e. The lowest BCUT2D eigenvalue weighted by Gasteiger charge is -2.31. The largest absolute Gasteiger partial charge is 0.0725 e. The van der Waals surface area contributed by atoms with Crippen LogP contribution in [-0.4, -0.2) is 0 Å². The fourth-order valence-corrected chi connectivity index (χ4v) is 9.25. The molecule has 0 saturated heterocycles. The van der Waals surface area contributed by atoms with Crippen LogP contribution in [0.4, 0.5) is 0 Å². The van der Waals surface area contributed by atoms with Crippen LogP contribution in [0.25, 0.3) is 76.8 Å². The van der Waals surface area contributed by atoms with Crippen molar-refractivity contribution in [2.24, 2.45) is 0 Å². The molecule has 0 aromatic heterocycles. The van der Waals surface area contributed by atoms with Crippen molar-refractivity contribution in [3.63, 3.8) is 0 Å². The van der Waals surface area contributed by atoms with Crippen LogP contribution < -0.4 is 0 Å². The lowest BCUT2D eigenvalue weighted by atomic mass is 9.70. The Morgan fingerprint density at radius 2 is 0.694 bits per heavy atom. The van der Waals surface area contributed by atoms with Crippen molar-refractivity contribution in [3.8, 4) is 44.5 Å². The Balaban J connectivity index is 1.19. The first-order valence-electron chi connectivity index (χ1n) is 17.2. The molecule has 1 spiro atoms. The molecule has 0 nitrogen and oxygen atoms in total. The third kappa shape index (κ3) is 3.53. The first-order valence-corrected chi connectivity index (χ1v) is 17.2. The van der Waals surface area contributed by atoms with Crippen LogP contribution in [0.3, 0.4) is 0 Å². The average molecular weight is 619 g/mol. The molecule has 0 heteroatoms. The van der Waals surface area contributed by atoms with Crippen molar-refractivity contribution in [3.05, 3.63) is 204 Å². The molecule has 226 valence electrons. The van der Waals surface area contributed by atoms with Crippen LogP contribution in [0, 0.1) is 0 Å². The molecule has 0 radical (unpaired) electrons. The Hall–Kier alpha value is -6.24. The first-order chi connectivity index (χ1) is 24.3. The standard InChI is InChI=1S/C49H30/c1-3-13-31(14-4-1)34-27-35(32-15-5-2-6-16-32)29-36(28-34)33-25-26-44-42(30-33)39-19-9-10-22-43(39)49(44)45-23-11-20-40-37-17-7-8-18-38(37)41-21-12-24-46(49)48(41)47(40)45/h1-30H. The van der Waals surface area contributed by atoms with E-state index < -0.39 is 0 Å². The molecular weight excluding hydrogens is 589 g/mol. The molecule has 9 aromatic carbocycles.